The Bertz CT molecular complexity index is 567. The predicted molar refractivity (Wildman–Crippen MR) is 113 cm³/mol. The number of carbonyl (C=O) groups excluding carboxylic acids is 1. The summed E-state index contributed by atoms with van der Waals surface area (Å²) in [5, 5.41) is 0. The van der Waals surface area contributed by atoms with Crippen molar-refractivity contribution < 1.29 is 23.7 Å². The lowest BCUT2D eigenvalue weighted by atomic mass is 9.54. The Morgan fingerprint density at radius 1 is 0.900 bits per heavy atom. The van der Waals surface area contributed by atoms with Gasteiger partial charge in [0.25, 0.3) is 0 Å². The zero-order chi connectivity index (χ0) is 20.6. The minimum absolute atomic E-state index is 0.0307. The molecule has 6 saturated carbocycles. The van der Waals surface area contributed by atoms with E-state index < -0.39 is 12.4 Å². The molecule has 5 heteroatoms. The minimum atomic E-state index is -0.594. The molecule has 30 heavy (non-hydrogen) atoms. The summed E-state index contributed by atoms with van der Waals surface area (Å²) in [6.45, 7) is 2.82. The highest BCUT2D eigenvalue weighted by atomic mass is 16.8. The average Bonchev–Trinajstić information content (AvgIpc) is 2.70. The highest BCUT2D eigenvalue weighted by Crippen LogP contribution is 2.57. The van der Waals surface area contributed by atoms with Crippen molar-refractivity contribution in [2.24, 2.45) is 29.6 Å². The van der Waals surface area contributed by atoms with Crippen LogP contribution in [0.2, 0.25) is 0 Å². The van der Waals surface area contributed by atoms with Gasteiger partial charge >= 0.3 is 6.16 Å². The van der Waals surface area contributed by atoms with Gasteiger partial charge in [-0.3, -0.25) is 0 Å². The summed E-state index contributed by atoms with van der Waals surface area (Å²) in [5.74, 6) is 3.93. The van der Waals surface area contributed by atoms with E-state index in [-0.39, 0.29) is 11.7 Å². The number of hydrogen-bond donors (Lipinski definition) is 0. The fourth-order valence-electron chi connectivity index (χ4n) is 8.03. The first-order valence-corrected chi connectivity index (χ1v) is 12.7. The maximum atomic E-state index is 12.3. The number of hydrogen-bond acceptors (Lipinski definition) is 5. The summed E-state index contributed by atoms with van der Waals surface area (Å²) in [5.41, 5.74) is 0.110. The van der Waals surface area contributed by atoms with Crippen molar-refractivity contribution in [2.45, 2.75) is 108 Å². The molecule has 4 bridgehead atoms. The molecule has 0 radical (unpaired) electrons. The van der Waals surface area contributed by atoms with E-state index in [1.54, 1.807) is 6.92 Å². The van der Waals surface area contributed by atoms with Crippen molar-refractivity contribution in [3.8, 4) is 0 Å². The van der Waals surface area contributed by atoms with Gasteiger partial charge in [-0.2, -0.15) is 0 Å². The molecule has 0 N–H and O–H groups in total. The molecule has 6 rings (SSSR count). The second kappa shape index (κ2) is 8.97. The molecule has 0 aliphatic heterocycles. The van der Waals surface area contributed by atoms with Crippen molar-refractivity contribution in [3.63, 3.8) is 0 Å². The summed E-state index contributed by atoms with van der Waals surface area (Å²) in [4.78, 5) is 12.3. The highest BCUT2D eigenvalue weighted by molar-refractivity contribution is 5.60. The van der Waals surface area contributed by atoms with E-state index in [0.29, 0.717) is 19.1 Å². The van der Waals surface area contributed by atoms with Gasteiger partial charge in [0.2, 0.25) is 6.29 Å². The van der Waals surface area contributed by atoms with Gasteiger partial charge in [-0.15, -0.1) is 0 Å². The smallest absolute Gasteiger partial charge is 0.431 e. The fraction of sp³-hybridized carbons (Fsp3) is 0.960. The second-order valence-electron chi connectivity index (χ2n) is 11.1. The second-order valence-corrected chi connectivity index (χ2v) is 11.1. The van der Waals surface area contributed by atoms with E-state index in [2.05, 4.69) is 0 Å². The lowest BCUT2D eigenvalue weighted by Gasteiger charge is -2.56. The third-order valence-electron chi connectivity index (χ3n) is 8.84. The van der Waals surface area contributed by atoms with Crippen molar-refractivity contribution in [1.29, 1.82) is 0 Å². The Hall–Kier alpha value is -0.810. The minimum Gasteiger partial charge on any atom is -0.431 e. The van der Waals surface area contributed by atoms with E-state index >= 15 is 0 Å². The molecule has 0 aromatic rings. The molecule has 6 fully saturated rings. The van der Waals surface area contributed by atoms with Crippen molar-refractivity contribution in [3.05, 3.63) is 0 Å². The Balaban J connectivity index is 1.01. The molecule has 4 atom stereocenters. The third kappa shape index (κ3) is 4.67. The van der Waals surface area contributed by atoms with Gasteiger partial charge in [-0.1, -0.05) is 19.3 Å². The largest absolute Gasteiger partial charge is 0.510 e. The Morgan fingerprint density at radius 3 is 2.30 bits per heavy atom. The average molecular weight is 421 g/mol. The molecule has 6 aliphatic rings. The fourth-order valence-corrected chi connectivity index (χ4v) is 8.03. The molecule has 0 aromatic carbocycles. The first kappa shape index (κ1) is 21.1. The monoisotopic (exact) mass is 420 g/mol. The topological polar surface area (TPSA) is 54.0 Å². The van der Waals surface area contributed by atoms with Crippen LogP contribution >= 0.6 is 0 Å². The van der Waals surface area contributed by atoms with Crippen LogP contribution in [0, 0.1) is 29.6 Å². The van der Waals surface area contributed by atoms with Crippen LogP contribution in [0.4, 0.5) is 4.79 Å². The quantitative estimate of drug-likeness (QED) is 0.294. The van der Waals surface area contributed by atoms with Crippen LogP contribution in [0.1, 0.15) is 90.4 Å². The maximum Gasteiger partial charge on any atom is 0.510 e. The Morgan fingerprint density at radius 2 is 1.57 bits per heavy atom. The number of fused-ring (bicyclic) bond motifs is 1. The first-order valence-electron chi connectivity index (χ1n) is 12.7. The summed E-state index contributed by atoms with van der Waals surface area (Å²) in [7, 11) is 0. The number of ether oxygens (including phenoxy) is 4. The van der Waals surface area contributed by atoms with Gasteiger partial charge in [0, 0.05) is 0 Å². The van der Waals surface area contributed by atoms with Crippen LogP contribution in [-0.4, -0.2) is 37.4 Å². The molecule has 5 nitrogen and oxygen atoms in total. The number of carbonyl (C=O) groups is 1. The van der Waals surface area contributed by atoms with Crippen LogP contribution in [0.15, 0.2) is 0 Å². The van der Waals surface area contributed by atoms with Crippen LogP contribution < -0.4 is 0 Å². The van der Waals surface area contributed by atoms with Crippen molar-refractivity contribution in [1.82, 2.24) is 0 Å². The lowest BCUT2D eigenvalue weighted by molar-refractivity contribution is -0.184. The van der Waals surface area contributed by atoms with Crippen molar-refractivity contribution >= 4 is 6.16 Å². The molecular weight excluding hydrogens is 380 g/mol. The Labute approximate surface area is 181 Å². The molecule has 0 heterocycles. The first-order chi connectivity index (χ1) is 14.6. The Kier molecular flexibility index (Phi) is 6.30. The molecule has 4 unspecified atom stereocenters. The van der Waals surface area contributed by atoms with Crippen LogP contribution in [-0.2, 0) is 18.9 Å². The van der Waals surface area contributed by atoms with E-state index in [1.807, 2.05) is 0 Å². The molecule has 0 aromatic heterocycles. The summed E-state index contributed by atoms with van der Waals surface area (Å²) in [6, 6.07) is 0. The zero-order valence-corrected chi connectivity index (χ0v) is 18.7. The molecule has 170 valence electrons. The molecule has 0 saturated heterocycles. The van der Waals surface area contributed by atoms with Crippen LogP contribution in [0.25, 0.3) is 0 Å². The third-order valence-corrected chi connectivity index (χ3v) is 8.84. The SMILES string of the molecule is CC(OCCOC12CC3CC(CC(C3)C1)C2)OC(=O)OC1CCCC2CCCCC21. The van der Waals surface area contributed by atoms with E-state index in [1.165, 1.54) is 70.6 Å². The van der Waals surface area contributed by atoms with E-state index in [4.69, 9.17) is 18.9 Å². The number of rotatable bonds is 7. The molecule has 0 amide bonds. The maximum absolute atomic E-state index is 12.3. The predicted octanol–water partition coefficient (Wildman–Crippen LogP) is 5.85. The van der Waals surface area contributed by atoms with E-state index in [0.717, 1.165) is 36.5 Å². The van der Waals surface area contributed by atoms with Gasteiger partial charge < -0.3 is 18.9 Å². The zero-order valence-electron chi connectivity index (χ0n) is 18.7. The lowest BCUT2D eigenvalue weighted by Crippen LogP contribution is -2.52. The summed E-state index contributed by atoms with van der Waals surface area (Å²) < 4.78 is 23.2. The highest BCUT2D eigenvalue weighted by Gasteiger charge is 2.51. The molecular formula is C25H40O5. The molecule has 6 aliphatic carbocycles. The van der Waals surface area contributed by atoms with Gasteiger partial charge in [-0.05, 0) is 101 Å². The van der Waals surface area contributed by atoms with Gasteiger partial charge in [0.05, 0.1) is 18.8 Å². The normalized spacial score (nSPS) is 43.1. The van der Waals surface area contributed by atoms with Gasteiger partial charge in [-0.25, -0.2) is 4.79 Å². The van der Waals surface area contributed by atoms with Crippen LogP contribution in [0.3, 0.4) is 0 Å². The summed E-state index contributed by atoms with van der Waals surface area (Å²) in [6.07, 6.45) is 15.4. The van der Waals surface area contributed by atoms with Gasteiger partial charge in [0.1, 0.15) is 6.10 Å². The molecule has 0 spiro atoms. The van der Waals surface area contributed by atoms with Crippen LogP contribution in [0.5, 0.6) is 0 Å². The van der Waals surface area contributed by atoms with Gasteiger partial charge in [0.15, 0.2) is 0 Å². The van der Waals surface area contributed by atoms with E-state index in [9.17, 15) is 4.79 Å². The summed E-state index contributed by atoms with van der Waals surface area (Å²) >= 11 is 0. The standard InChI is InChI=1S/C25H40O5/c1-17(29-24(26)30-23-8-4-6-21-5-2-3-7-22(21)23)27-9-10-28-25-14-18-11-19(15-25)13-20(12-18)16-25/h17-23H,2-16H2,1H3. The van der Waals surface area contributed by atoms with Crippen molar-refractivity contribution in [2.75, 3.05) is 13.2 Å².